The summed E-state index contributed by atoms with van der Waals surface area (Å²) in [6.07, 6.45) is 9.59. The molecule has 0 aliphatic carbocycles. The summed E-state index contributed by atoms with van der Waals surface area (Å²) in [4.78, 5) is 21.6. The molecule has 134 valence electrons. The number of anilines is 2. The Balaban J connectivity index is 1.53. The minimum atomic E-state index is 0.372. The summed E-state index contributed by atoms with van der Waals surface area (Å²) >= 11 is 1.72. The highest BCUT2D eigenvalue weighted by atomic mass is 32.1. The van der Waals surface area contributed by atoms with E-state index in [0.717, 1.165) is 48.9 Å². The van der Waals surface area contributed by atoms with Crippen LogP contribution in [0, 0.1) is 6.92 Å². The van der Waals surface area contributed by atoms with E-state index in [4.69, 9.17) is 0 Å². The van der Waals surface area contributed by atoms with Gasteiger partial charge in [-0.25, -0.2) is 9.97 Å². The van der Waals surface area contributed by atoms with Crippen molar-refractivity contribution < 1.29 is 0 Å². The van der Waals surface area contributed by atoms with Crippen LogP contribution in [0.25, 0.3) is 0 Å². The molecule has 1 atom stereocenters. The number of hydrogen-bond acceptors (Lipinski definition) is 7. The van der Waals surface area contributed by atoms with Crippen molar-refractivity contribution >= 4 is 23.0 Å². The number of likely N-dealkylation sites (tertiary alicyclic amines) is 1. The molecule has 3 aromatic rings. The number of aromatic nitrogens is 4. The van der Waals surface area contributed by atoms with Crippen molar-refractivity contribution in [1.29, 1.82) is 0 Å². The van der Waals surface area contributed by atoms with Crippen molar-refractivity contribution in [3.05, 3.63) is 58.6 Å². The van der Waals surface area contributed by atoms with Crippen LogP contribution in [0.15, 0.2) is 42.4 Å². The smallest absolute Gasteiger partial charge is 0.153 e. The summed E-state index contributed by atoms with van der Waals surface area (Å²) < 4.78 is 0. The van der Waals surface area contributed by atoms with Crippen LogP contribution in [-0.4, -0.2) is 37.9 Å². The zero-order valence-corrected chi connectivity index (χ0v) is 15.6. The maximum absolute atomic E-state index is 4.67. The number of aryl methyl sites for hydroxylation is 1. The van der Waals surface area contributed by atoms with Gasteiger partial charge in [-0.15, -0.1) is 11.3 Å². The minimum absolute atomic E-state index is 0.372. The van der Waals surface area contributed by atoms with Crippen LogP contribution in [0.3, 0.4) is 0 Å². The third kappa shape index (κ3) is 3.89. The summed E-state index contributed by atoms with van der Waals surface area (Å²) in [5.41, 5.74) is 4.03. The minimum Gasteiger partial charge on any atom is -0.323 e. The predicted octanol–water partition coefficient (Wildman–Crippen LogP) is 3.76. The van der Waals surface area contributed by atoms with Gasteiger partial charge in [0, 0.05) is 48.7 Å². The van der Waals surface area contributed by atoms with Crippen molar-refractivity contribution in [2.24, 2.45) is 0 Å². The van der Waals surface area contributed by atoms with E-state index in [1.165, 1.54) is 11.3 Å². The molecule has 4 rings (SSSR count). The Morgan fingerprint density at radius 3 is 2.92 bits per heavy atom. The number of nitrogens with zero attached hydrogens (tertiary/aromatic N) is 5. The average molecular weight is 366 g/mol. The summed E-state index contributed by atoms with van der Waals surface area (Å²) in [5.74, 6) is 2.03. The van der Waals surface area contributed by atoms with E-state index >= 15 is 0 Å². The molecular formula is C19H22N6S. The predicted molar refractivity (Wildman–Crippen MR) is 104 cm³/mol. The lowest BCUT2D eigenvalue weighted by atomic mass is 9.94. The molecule has 1 N–H and O–H groups in total. The van der Waals surface area contributed by atoms with Gasteiger partial charge < -0.3 is 5.32 Å². The Hall–Kier alpha value is -2.38. The lowest BCUT2D eigenvalue weighted by Gasteiger charge is -2.32. The van der Waals surface area contributed by atoms with E-state index in [2.05, 4.69) is 30.2 Å². The second-order valence-corrected chi connectivity index (χ2v) is 7.60. The Morgan fingerprint density at radius 1 is 1.19 bits per heavy atom. The number of pyridine rings is 1. The SMILES string of the molecule is Cc1cccnc1Nc1nccnc1C1CCCN(Cc2cncs2)C1. The van der Waals surface area contributed by atoms with Gasteiger partial charge in [-0.1, -0.05) is 6.07 Å². The quantitative estimate of drug-likeness (QED) is 0.742. The van der Waals surface area contributed by atoms with E-state index in [-0.39, 0.29) is 0 Å². The first-order chi connectivity index (χ1) is 12.8. The molecular weight excluding hydrogens is 344 g/mol. The van der Waals surface area contributed by atoms with E-state index in [0.29, 0.717) is 5.92 Å². The molecule has 1 fully saturated rings. The normalized spacial score (nSPS) is 18.0. The zero-order chi connectivity index (χ0) is 17.8. The molecule has 0 aromatic carbocycles. The molecule has 4 heterocycles. The van der Waals surface area contributed by atoms with Gasteiger partial charge in [0.1, 0.15) is 5.82 Å². The van der Waals surface area contributed by atoms with E-state index in [1.54, 1.807) is 29.9 Å². The van der Waals surface area contributed by atoms with Gasteiger partial charge >= 0.3 is 0 Å². The summed E-state index contributed by atoms with van der Waals surface area (Å²) in [7, 11) is 0. The molecule has 0 saturated carbocycles. The van der Waals surface area contributed by atoms with Gasteiger partial charge in [-0.3, -0.25) is 14.9 Å². The number of hydrogen-bond donors (Lipinski definition) is 1. The third-order valence-corrected chi connectivity index (χ3v) is 5.49. The Kier molecular flexibility index (Phi) is 5.17. The number of piperidine rings is 1. The van der Waals surface area contributed by atoms with Crippen LogP contribution >= 0.6 is 11.3 Å². The molecule has 1 aliphatic heterocycles. The molecule has 0 spiro atoms. The fourth-order valence-corrected chi connectivity index (χ4v) is 4.07. The fourth-order valence-electron chi connectivity index (χ4n) is 3.44. The molecule has 0 bridgehead atoms. The van der Waals surface area contributed by atoms with Gasteiger partial charge in [0.15, 0.2) is 5.82 Å². The Bertz CT molecular complexity index is 851. The topological polar surface area (TPSA) is 66.8 Å². The first-order valence-electron chi connectivity index (χ1n) is 8.89. The van der Waals surface area contributed by atoms with Crippen LogP contribution < -0.4 is 5.32 Å². The molecule has 0 radical (unpaired) electrons. The Labute approximate surface area is 157 Å². The molecule has 1 aliphatic rings. The van der Waals surface area contributed by atoms with Crippen molar-refractivity contribution in [3.8, 4) is 0 Å². The highest BCUT2D eigenvalue weighted by Gasteiger charge is 2.25. The third-order valence-electron chi connectivity index (χ3n) is 4.73. The highest BCUT2D eigenvalue weighted by molar-refractivity contribution is 7.09. The van der Waals surface area contributed by atoms with Crippen LogP contribution in [0.2, 0.25) is 0 Å². The second-order valence-electron chi connectivity index (χ2n) is 6.63. The summed E-state index contributed by atoms with van der Waals surface area (Å²) in [5, 5.41) is 3.39. The van der Waals surface area contributed by atoms with Crippen molar-refractivity contribution in [2.75, 3.05) is 18.4 Å². The van der Waals surface area contributed by atoms with E-state index in [1.807, 2.05) is 30.8 Å². The highest BCUT2D eigenvalue weighted by Crippen LogP contribution is 2.31. The number of rotatable bonds is 5. The lowest BCUT2D eigenvalue weighted by Crippen LogP contribution is -2.34. The van der Waals surface area contributed by atoms with Gasteiger partial charge in [0.2, 0.25) is 0 Å². The first-order valence-corrected chi connectivity index (χ1v) is 9.77. The average Bonchev–Trinajstić information content (AvgIpc) is 3.17. The van der Waals surface area contributed by atoms with Crippen molar-refractivity contribution in [3.63, 3.8) is 0 Å². The van der Waals surface area contributed by atoms with Gasteiger partial charge in [0.05, 0.1) is 11.2 Å². The van der Waals surface area contributed by atoms with Crippen molar-refractivity contribution in [2.45, 2.75) is 32.2 Å². The van der Waals surface area contributed by atoms with Crippen LogP contribution in [0.1, 0.15) is 34.9 Å². The van der Waals surface area contributed by atoms with Gasteiger partial charge in [-0.05, 0) is 37.9 Å². The van der Waals surface area contributed by atoms with E-state index < -0.39 is 0 Å². The maximum Gasteiger partial charge on any atom is 0.153 e. The lowest BCUT2D eigenvalue weighted by molar-refractivity contribution is 0.200. The van der Waals surface area contributed by atoms with Gasteiger partial charge in [0.25, 0.3) is 0 Å². The van der Waals surface area contributed by atoms with Crippen LogP contribution in [-0.2, 0) is 6.54 Å². The molecule has 3 aromatic heterocycles. The summed E-state index contributed by atoms with van der Waals surface area (Å²) in [6, 6.07) is 3.99. The van der Waals surface area contributed by atoms with Crippen molar-refractivity contribution in [1.82, 2.24) is 24.8 Å². The number of thiazole rings is 1. The van der Waals surface area contributed by atoms with E-state index in [9.17, 15) is 0 Å². The molecule has 7 heteroatoms. The van der Waals surface area contributed by atoms with Crippen LogP contribution in [0.5, 0.6) is 0 Å². The maximum atomic E-state index is 4.67. The first kappa shape index (κ1) is 17.1. The largest absolute Gasteiger partial charge is 0.323 e. The second kappa shape index (κ2) is 7.88. The molecule has 1 unspecified atom stereocenters. The molecule has 1 saturated heterocycles. The van der Waals surface area contributed by atoms with Gasteiger partial charge in [-0.2, -0.15) is 0 Å². The standard InChI is InChI=1S/C19H22N6S/c1-14-4-2-6-22-18(14)24-19-17(21-7-8-23-19)15-5-3-9-25(11-15)12-16-10-20-13-26-16/h2,4,6-8,10,13,15H,3,5,9,11-12H2,1H3,(H,22,23,24). The molecule has 0 amide bonds. The summed E-state index contributed by atoms with van der Waals surface area (Å²) in [6.45, 7) is 5.12. The molecule has 6 nitrogen and oxygen atoms in total. The monoisotopic (exact) mass is 366 g/mol. The zero-order valence-electron chi connectivity index (χ0n) is 14.8. The molecule has 26 heavy (non-hydrogen) atoms. The number of nitrogens with one attached hydrogen (secondary N) is 1. The fraction of sp³-hybridized carbons (Fsp3) is 0.368. The Morgan fingerprint density at radius 2 is 2.08 bits per heavy atom. The van der Waals surface area contributed by atoms with Crippen LogP contribution in [0.4, 0.5) is 11.6 Å².